The first kappa shape index (κ1) is 16.3. The number of hydrogen-bond acceptors (Lipinski definition) is 5. The molecule has 120 valence electrons. The van der Waals surface area contributed by atoms with Gasteiger partial charge in [0.25, 0.3) is 0 Å². The van der Waals surface area contributed by atoms with Crippen LogP contribution in [0.1, 0.15) is 31.1 Å². The molecule has 2 rings (SSSR count). The molecule has 0 radical (unpaired) electrons. The third-order valence-corrected chi connectivity index (χ3v) is 3.11. The van der Waals surface area contributed by atoms with Crippen molar-refractivity contribution in [2.75, 3.05) is 26.2 Å². The predicted molar refractivity (Wildman–Crippen MR) is 81.2 cm³/mol. The minimum absolute atomic E-state index is 0.332. The minimum atomic E-state index is -0.506. The van der Waals surface area contributed by atoms with E-state index in [1.807, 2.05) is 26.8 Å². The monoisotopic (exact) mass is 306 g/mol. The summed E-state index contributed by atoms with van der Waals surface area (Å²) < 4.78 is 5.32. The van der Waals surface area contributed by atoms with E-state index in [0.717, 1.165) is 0 Å². The van der Waals surface area contributed by atoms with Crippen LogP contribution < -0.4 is 0 Å². The number of carbonyl (C=O) groups is 2. The number of carbonyl (C=O) groups excluding carboxylic acids is 2. The molecular weight excluding hydrogens is 284 g/mol. The third-order valence-electron chi connectivity index (χ3n) is 3.11. The summed E-state index contributed by atoms with van der Waals surface area (Å²) in [4.78, 5) is 30.8. The van der Waals surface area contributed by atoms with Crippen molar-refractivity contribution in [3.8, 4) is 0 Å². The molecular formula is C16H22N2O4. The van der Waals surface area contributed by atoms with Crippen LogP contribution in [0, 0.1) is 0 Å². The van der Waals surface area contributed by atoms with Crippen LogP contribution in [-0.4, -0.2) is 53.8 Å². The zero-order valence-electron chi connectivity index (χ0n) is 13.2. The Morgan fingerprint density at radius 2 is 1.59 bits per heavy atom. The lowest BCUT2D eigenvalue weighted by Crippen LogP contribution is -2.50. The average Bonchev–Trinajstić information content (AvgIpc) is 2.47. The molecule has 1 fully saturated rings. The van der Waals surface area contributed by atoms with Crippen molar-refractivity contribution in [1.29, 1.82) is 0 Å². The Kier molecular flexibility index (Phi) is 5.03. The van der Waals surface area contributed by atoms with Crippen LogP contribution in [0.5, 0.6) is 0 Å². The molecule has 0 N–H and O–H groups in total. The van der Waals surface area contributed by atoms with Gasteiger partial charge in [0.2, 0.25) is 0 Å². The van der Waals surface area contributed by atoms with Crippen LogP contribution in [0.4, 0.5) is 4.79 Å². The molecule has 0 unspecified atom stereocenters. The smallest absolute Gasteiger partial charge is 0.410 e. The van der Waals surface area contributed by atoms with Crippen LogP contribution in [0.15, 0.2) is 30.3 Å². The van der Waals surface area contributed by atoms with Crippen molar-refractivity contribution >= 4 is 12.1 Å². The van der Waals surface area contributed by atoms with E-state index in [-0.39, 0.29) is 12.1 Å². The molecule has 22 heavy (non-hydrogen) atoms. The molecule has 0 aliphatic carbocycles. The summed E-state index contributed by atoms with van der Waals surface area (Å²) in [5.41, 5.74) is 0.00522. The molecule has 1 aliphatic heterocycles. The topological polar surface area (TPSA) is 59.1 Å². The second-order valence-electron chi connectivity index (χ2n) is 6.14. The fraction of sp³-hybridized carbons (Fsp3) is 0.500. The maximum atomic E-state index is 11.9. The Morgan fingerprint density at radius 3 is 2.14 bits per heavy atom. The molecule has 1 aliphatic rings. The van der Waals surface area contributed by atoms with E-state index in [2.05, 4.69) is 0 Å². The number of ether oxygens (including phenoxy) is 1. The summed E-state index contributed by atoms with van der Waals surface area (Å²) >= 11 is 0. The molecule has 1 aromatic carbocycles. The van der Waals surface area contributed by atoms with E-state index in [0.29, 0.717) is 31.7 Å². The standard InChI is InChI=1S/C16H22N2O4/c1-16(2,3)21-15(20)17-9-11-18(12-10-17)22-14(19)13-7-5-4-6-8-13/h4-8H,9-12H2,1-3H3. The van der Waals surface area contributed by atoms with Crippen LogP contribution in [0.3, 0.4) is 0 Å². The van der Waals surface area contributed by atoms with Gasteiger partial charge in [0, 0.05) is 13.1 Å². The number of amides is 1. The van der Waals surface area contributed by atoms with Crippen molar-refractivity contribution in [3.63, 3.8) is 0 Å². The first-order chi connectivity index (χ1) is 10.3. The number of benzene rings is 1. The van der Waals surface area contributed by atoms with Gasteiger partial charge in [0.1, 0.15) is 5.60 Å². The van der Waals surface area contributed by atoms with E-state index in [9.17, 15) is 9.59 Å². The highest BCUT2D eigenvalue weighted by molar-refractivity contribution is 5.89. The van der Waals surface area contributed by atoms with Crippen molar-refractivity contribution in [1.82, 2.24) is 9.96 Å². The molecule has 0 saturated carbocycles. The van der Waals surface area contributed by atoms with Gasteiger partial charge in [-0.05, 0) is 32.9 Å². The molecule has 6 heteroatoms. The van der Waals surface area contributed by atoms with E-state index in [1.54, 1.807) is 34.2 Å². The fourth-order valence-corrected chi connectivity index (χ4v) is 2.03. The summed E-state index contributed by atoms with van der Waals surface area (Å²) in [6, 6.07) is 8.84. The molecule has 0 bridgehead atoms. The second-order valence-corrected chi connectivity index (χ2v) is 6.14. The molecule has 1 amide bonds. The van der Waals surface area contributed by atoms with Gasteiger partial charge in [-0.3, -0.25) is 0 Å². The average molecular weight is 306 g/mol. The van der Waals surface area contributed by atoms with Gasteiger partial charge in [0.05, 0.1) is 18.7 Å². The van der Waals surface area contributed by atoms with Gasteiger partial charge in [-0.25, -0.2) is 9.59 Å². The number of nitrogens with zero attached hydrogens (tertiary/aromatic N) is 2. The van der Waals surface area contributed by atoms with Crippen LogP contribution in [0.25, 0.3) is 0 Å². The molecule has 6 nitrogen and oxygen atoms in total. The lowest BCUT2D eigenvalue weighted by molar-refractivity contribution is -0.128. The van der Waals surface area contributed by atoms with E-state index >= 15 is 0 Å². The minimum Gasteiger partial charge on any atom is -0.444 e. The quantitative estimate of drug-likeness (QED) is 0.839. The van der Waals surface area contributed by atoms with Crippen molar-refractivity contribution < 1.29 is 19.2 Å². The largest absolute Gasteiger partial charge is 0.444 e. The SMILES string of the molecule is CC(C)(C)OC(=O)N1CCN(OC(=O)c2ccccc2)CC1. The van der Waals surface area contributed by atoms with E-state index in [4.69, 9.17) is 9.57 Å². The van der Waals surface area contributed by atoms with Gasteiger partial charge in [-0.1, -0.05) is 18.2 Å². The maximum Gasteiger partial charge on any atom is 0.410 e. The van der Waals surface area contributed by atoms with Crippen molar-refractivity contribution in [2.45, 2.75) is 26.4 Å². The number of hydrogen-bond donors (Lipinski definition) is 0. The fourth-order valence-electron chi connectivity index (χ4n) is 2.03. The Balaban J connectivity index is 1.80. The summed E-state index contributed by atoms with van der Waals surface area (Å²) in [7, 11) is 0. The molecule has 0 aromatic heterocycles. The van der Waals surface area contributed by atoms with Crippen LogP contribution >= 0.6 is 0 Å². The van der Waals surface area contributed by atoms with Gasteiger partial charge in [-0.2, -0.15) is 0 Å². The van der Waals surface area contributed by atoms with E-state index < -0.39 is 5.60 Å². The lowest BCUT2D eigenvalue weighted by Gasteiger charge is -2.34. The van der Waals surface area contributed by atoms with Crippen LogP contribution in [-0.2, 0) is 9.57 Å². The lowest BCUT2D eigenvalue weighted by atomic mass is 10.2. The normalized spacial score (nSPS) is 16.2. The molecule has 0 atom stereocenters. The molecule has 1 saturated heterocycles. The summed E-state index contributed by atoms with van der Waals surface area (Å²) in [5, 5.41) is 1.58. The van der Waals surface area contributed by atoms with Crippen LogP contribution in [0.2, 0.25) is 0 Å². The molecule has 0 spiro atoms. The van der Waals surface area contributed by atoms with Crippen molar-refractivity contribution in [2.24, 2.45) is 0 Å². The first-order valence-electron chi connectivity index (χ1n) is 7.35. The van der Waals surface area contributed by atoms with Gasteiger partial charge >= 0.3 is 12.1 Å². The predicted octanol–water partition coefficient (Wildman–Crippen LogP) is 2.31. The summed E-state index contributed by atoms with van der Waals surface area (Å²) in [5.74, 6) is -0.383. The van der Waals surface area contributed by atoms with Gasteiger partial charge < -0.3 is 14.5 Å². The van der Waals surface area contributed by atoms with E-state index in [1.165, 1.54) is 0 Å². The first-order valence-corrected chi connectivity index (χ1v) is 7.35. The highest BCUT2D eigenvalue weighted by Crippen LogP contribution is 2.12. The zero-order valence-corrected chi connectivity index (χ0v) is 13.2. The Labute approximate surface area is 130 Å². The maximum absolute atomic E-state index is 11.9. The number of rotatable bonds is 2. The van der Waals surface area contributed by atoms with Gasteiger partial charge in [-0.15, -0.1) is 5.06 Å². The number of hydroxylamine groups is 2. The van der Waals surface area contributed by atoms with Crippen molar-refractivity contribution in [3.05, 3.63) is 35.9 Å². The molecule has 1 heterocycles. The summed E-state index contributed by atoms with van der Waals surface area (Å²) in [6.07, 6.45) is -0.332. The van der Waals surface area contributed by atoms with Gasteiger partial charge in [0.15, 0.2) is 0 Å². The third kappa shape index (κ3) is 4.73. The Bertz CT molecular complexity index is 517. The Hall–Kier alpha value is -2.08. The second kappa shape index (κ2) is 6.79. The highest BCUT2D eigenvalue weighted by atomic mass is 16.7. The summed E-state index contributed by atoms with van der Waals surface area (Å²) in [6.45, 7) is 7.39. The molecule has 1 aromatic rings. The zero-order chi connectivity index (χ0) is 16.2. The highest BCUT2D eigenvalue weighted by Gasteiger charge is 2.27. The number of piperazine rings is 1. The Morgan fingerprint density at radius 1 is 1.00 bits per heavy atom.